The second-order valence-electron chi connectivity index (χ2n) is 5.71. The minimum atomic E-state index is -0.546. The second-order valence-corrected chi connectivity index (χ2v) is 5.71. The van der Waals surface area contributed by atoms with E-state index in [0.717, 1.165) is 0 Å². The number of benzene rings is 1. The number of aliphatic hydroxyl groups excluding tert-OH is 1. The maximum absolute atomic E-state index is 14.0. The number of carbonyl (C=O) groups excluding carboxylic acids is 2. The lowest BCUT2D eigenvalue weighted by Gasteiger charge is -2.16. The molecule has 0 saturated carbocycles. The highest BCUT2D eigenvalue weighted by Crippen LogP contribution is 2.31. The molecule has 0 spiro atoms. The normalized spacial score (nSPS) is 19.3. The third-order valence-corrected chi connectivity index (χ3v) is 3.93. The van der Waals surface area contributed by atoms with E-state index in [1.807, 2.05) is 0 Å². The maximum atomic E-state index is 14.0. The smallest absolute Gasteiger partial charge is 0.229 e. The number of anilines is 1. The number of nitrogens with one attached hydrogen (secondary N) is 2. The van der Waals surface area contributed by atoms with Crippen LogP contribution in [0.4, 0.5) is 10.2 Å². The average molecular weight is 320 g/mol. The molecule has 0 bridgehead atoms. The first-order valence-corrected chi connectivity index (χ1v) is 7.35. The Balaban J connectivity index is 1.84. The second kappa shape index (κ2) is 5.96. The van der Waals surface area contributed by atoms with Gasteiger partial charge >= 0.3 is 0 Å². The molecule has 2 amide bonds. The van der Waals surface area contributed by atoms with Crippen molar-refractivity contribution >= 4 is 28.5 Å². The zero-order valence-corrected chi connectivity index (χ0v) is 12.5. The van der Waals surface area contributed by atoms with E-state index >= 15 is 0 Å². The van der Waals surface area contributed by atoms with Gasteiger partial charge in [-0.1, -0.05) is 6.07 Å². The van der Waals surface area contributed by atoms with Crippen LogP contribution in [0.5, 0.6) is 0 Å². The highest BCUT2D eigenvalue weighted by molar-refractivity contribution is 6.05. The van der Waals surface area contributed by atoms with Crippen molar-refractivity contribution in [2.24, 2.45) is 5.92 Å². The van der Waals surface area contributed by atoms with Crippen LogP contribution in [-0.2, 0) is 9.59 Å². The number of hydrogen-bond donors (Lipinski definition) is 3. The first-order chi connectivity index (χ1) is 11.0. The molecule has 1 aromatic carbocycles. The lowest BCUT2D eigenvalue weighted by Crippen LogP contribution is -2.40. The van der Waals surface area contributed by atoms with Gasteiger partial charge in [-0.2, -0.15) is 5.10 Å². The van der Waals surface area contributed by atoms with Crippen molar-refractivity contribution in [1.29, 1.82) is 0 Å². The highest BCUT2D eigenvalue weighted by atomic mass is 19.1. The largest absolute Gasteiger partial charge is 0.394 e. The molecule has 2 atom stereocenters. The Bertz CT molecular complexity index is 760. The van der Waals surface area contributed by atoms with Gasteiger partial charge in [0.25, 0.3) is 0 Å². The molecule has 1 aliphatic rings. The van der Waals surface area contributed by atoms with Crippen molar-refractivity contribution in [3.05, 3.63) is 24.0 Å². The monoisotopic (exact) mass is 320 g/mol. The molecule has 8 heteroatoms. The average Bonchev–Trinajstić information content (AvgIpc) is 3.11. The maximum Gasteiger partial charge on any atom is 0.229 e. The molecule has 1 saturated heterocycles. The van der Waals surface area contributed by atoms with Gasteiger partial charge in [0.05, 0.1) is 23.4 Å². The highest BCUT2D eigenvalue weighted by Gasteiger charge is 2.37. The van der Waals surface area contributed by atoms with Crippen molar-refractivity contribution in [2.45, 2.75) is 19.4 Å². The first-order valence-electron chi connectivity index (χ1n) is 7.35. The summed E-state index contributed by atoms with van der Waals surface area (Å²) in [7, 11) is 0. The van der Waals surface area contributed by atoms with Crippen LogP contribution in [0.1, 0.15) is 13.3 Å². The molecule has 1 aliphatic heterocycles. The lowest BCUT2D eigenvalue weighted by atomic mass is 10.1. The molecule has 3 rings (SSSR count). The minimum Gasteiger partial charge on any atom is -0.394 e. The summed E-state index contributed by atoms with van der Waals surface area (Å²) in [6.07, 6.45) is 0.0345. The molecule has 23 heavy (non-hydrogen) atoms. The van der Waals surface area contributed by atoms with Gasteiger partial charge in [-0.05, 0) is 19.1 Å². The Morgan fingerprint density at radius 1 is 1.61 bits per heavy atom. The fourth-order valence-electron chi connectivity index (χ4n) is 2.70. The van der Waals surface area contributed by atoms with Gasteiger partial charge in [0, 0.05) is 19.0 Å². The quantitative estimate of drug-likeness (QED) is 0.766. The van der Waals surface area contributed by atoms with Crippen molar-refractivity contribution in [2.75, 3.05) is 18.1 Å². The van der Waals surface area contributed by atoms with E-state index in [-0.39, 0.29) is 48.6 Å². The fourth-order valence-corrected chi connectivity index (χ4v) is 2.70. The summed E-state index contributed by atoms with van der Waals surface area (Å²) in [4.78, 5) is 25.6. The third-order valence-electron chi connectivity index (χ3n) is 3.93. The number of rotatable bonds is 4. The molecule has 2 heterocycles. The van der Waals surface area contributed by atoms with Crippen LogP contribution in [-0.4, -0.2) is 46.3 Å². The SMILES string of the molecule is C[C@@H](CO)NC(=O)C1CC(=O)N(c2n[nH]c3cccc(F)c23)C1. The molecule has 0 aliphatic carbocycles. The number of carbonyl (C=O) groups is 2. The number of aliphatic hydroxyl groups is 1. The number of fused-ring (bicyclic) bond motifs is 1. The topological polar surface area (TPSA) is 98.3 Å². The van der Waals surface area contributed by atoms with Crippen molar-refractivity contribution in [3.63, 3.8) is 0 Å². The number of hydrogen-bond acceptors (Lipinski definition) is 4. The minimum absolute atomic E-state index is 0.0345. The zero-order chi connectivity index (χ0) is 16.6. The van der Waals surface area contributed by atoms with Crippen molar-refractivity contribution < 1.29 is 19.1 Å². The Morgan fingerprint density at radius 2 is 2.39 bits per heavy atom. The van der Waals surface area contributed by atoms with Gasteiger partial charge in [-0.25, -0.2) is 4.39 Å². The van der Waals surface area contributed by atoms with Crippen LogP contribution in [0.15, 0.2) is 18.2 Å². The van der Waals surface area contributed by atoms with Crippen LogP contribution < -0.4 is 10.2 Å². The van der Waals surface area contributed by atoms with E-state index in [1.165, 1.54) is 11.0 Å². The molecular formula is C15H17FN4O3. The Hall–Kier alpha value is -2.48. The standard InChI is InChI=1S/C15H17FN4O3/c1-8(7-21)17-15(23)9-5-12(22)20(6-9)14-13-10(16)3-2-4-11(13)18-19-14/h2-4,8-9,21H,5-7H2,1H3,(H,17,23)(H,18,19)/t8-,9?/m0/s1. The number of halogens is 1. The summed E-state index contributed by atoms with van der Waals surface area (Å²) in [5.74, 6) is -1.40. The molecule has 2 aromatic rings. The molecule has 1 aromatic heterocycles. The number of H-pyrrole nitrogens is 1. The van der Waals surface area contributed by atoms with E-state index in [1.54, 1.807) is 19.1 Å². The van der Waals surface area contributed by atoms with Crippen molar-refractivity contribution in [1.82, 2.24) is 15.5 Å². The van der Waals surface area contributed by atoms with Gasteiger partial charge in [-0.3, -0.25) is 19.6 Å². The molecule has 7 nitrogen and oxygen atoms in total. The molecule has 122 valence electrons. The van der Waals surface area contributed by atoms with Gasteiger partial charge in [0.2, 0.25) is 11.8 Å². The van der Waals surface area contributed by atoms with Crippen LogP contribution in [0.2, 0.25) is 0 Å². The molecule has 0 radical (unpaired) electrons. The van der Waals surface area contributed by atoms with Crippen LogP contribution in [0.25, 0.3) is 10.9 Å². The van der Waals surface area contributed by atoms with Gasteiger partial charge in [0.15, 0.2) is 5.82 Å². The summed E-state index contributed by atoms with van der Waals surface area (Å²) in [5, 5.41) is 18.6. The summed E-state index contributed by atoms with van der Waals surface area (Å²) in [6.45, 7) is 1.63. The predicted octanol–water partition coefficient (Wildman–Crippen LogP) is 0.552. The molecular weight excluding hydrogens is 303 g/mol. The summed E-state index contributed by atoms with van der Waals surface area (Å²) in [5.41, 5.74) is 0.495. The van der Waals surface area contributed by atoms with E-state index in [4.69, 9.17) is 5.11 Å². The van der Waals surface area contributed by atoms with E-state index in [0.29, 0.717) is 5.52 Å². The van der Waals surface area contributed by atoms with Crippen molar-refractivity contribution in [3.8, 4) is 0 Å². The number of aromatic nitrogens is 2. The lowest BCUT2D eigenvalue weighted by molar-refractivity contribution is -0.127. The van der Waals surface area contributed by atoms with Crippen LogP contribution in [0, 0.1) is 11.7 Å². The van der Waals surface area contributed by atoms with Crippen LogP contribution in [0.3, 0.4) is 0 Å². The Labute approximate surface area is 131 Å². The summed E-state index contributed by atoms with van der Waals surface area (Å²) < 4.78 is 14.0. The number of amides is 2. The molecule has 1 unspecified atom stereocenters. The summed E-state index contributed by atoms with van der Waals surface area (Å²) >= 11 is 0. The Kier molecular flexibility index (Phi) is 3.99. The number of aromatic amines is 1. The van der Waals surface area contributed by atoms with Gasteiger partial charge < -0.3 is 10.4 Å². The van der Waals surface area contributed by atoms with Gasteiger partial charge in [0.1, 0.15) is 5.82 Å². The molecule has 3 N–H and O–H groups in total. The zero-order valence-electron chi connectivity index (χ0n) is 12.5. The van der Waals surface area contributed by atoms with Crippen LogP contribution >= 0.6 is 0 Å². The predicted molar refractivity (Wildman–Crippen MR) is 81.2 cm³/mol. The third kappa shape index (κ3) is 2.77. The first kappa shape index (κ1) is 15.4. The number of nitrogens with zero attached hydrogens (tertiary/aromatic N) is 2. The van der Waals surface area contributed by atoms with E-state index in [2.05, 4.69) is 15.5 Å². The van der Waals surface area contributed by atoms with E-state index in [9.17, 15) is 14.0 Å². The molecule has 1 fully saturated rings. The van der Waals surface area contributed by atoms with Gasteiger partial charge in [-0.15, -0.1) is 0 Å². The van der Waals surface area contributed by atoms with E-state index < -0.39 is 11.7 Å². The Morgan fingerprint density at radius 3 is 3.13 bits per heavy atom. The fraction of sp³-hybridized carbons (Fsp3) is 0.400. The summed E-state index contributed by atoms with van der Waals surface area (Å²) in [6, 6.07) is 4.14.